The maximum atomic E-state index is 12.3. The molecule has 0 saturated heterocycles. The lowest BCUT2D eigenvalue weighted by Gasteiger charge is -2.15. The van der Waals surface area contributed by atoms with Gasteiger partial charge in [-0.25, -0.2) is 9.59 Å². The van der Waals surface area contributed by atoms with Crippen molar-refractivity contribution in [2.45, 2.75) is 44.9 Å². The molecule has 45 heavy (non-hydrogen) atoms. The van der Waals surface area contributed by atoms with E-state index in [1.807, 2.05) is 24.3 Å². The highest BCUT2D eigenvalue weighted by Gasteiger charge is 2.23. The third-order valence-electron chi connectivity index (χ3n) is 7.25. The predicted octanol–water partition coefficient (Wildman–Crippen LogP) is 4.71. The Morgan fingerprint density at radius 1 is 0.800 bits per heavy atom. The lowest BCUT2D eigenvalue weighted by Crippen LogP contribution is -2.42. The second kappa shape index (κ2) is 15.4. The number of carbonyl (C=O) groups is 3. The van der Waals surface area contributed by atoms with Crippen LogP contribution in [0.1, 0.15) is 34.7 Å². The lowest BCUT2D eigenvalue weighted by molar-refractivity contribution is -0.144. The molecule has 0 heterocycles. The topological polar surface area (TPSA) is 168 Å². The first-order valence-electron chi connectivity index (χ1n) is 14.5. The van der Waals surface area contributed by atoms with Crippen LogP contribution in [0.15, 0.2) is 91.0 Å². The standard InChI is InChI=1S/C24H21NO5.C11H15NO3/c26-18-10-8-15(9-11-18)12-22(23(27)28)25-24(29)30-14-17-5-3-7-20-19-6-2-1-4-16(19)13-21(17)20;1-2-15-11(14)10(12)7-8-3-5-9(13)6-4-8/h1-11,22,26H,12-14H2,(H,25,29)(H,27,28);3-6,10,13H,2,7,12H2,1H3. The number of phenols is 2. The molecule has 2 atom stereocenters. The number of rotatable bonds is 10. The Kier molecular flexibility index (Phi) is 11.1. The molecule has 0 aromatic heterocycles. The normalized spacial score (nSPS) is 12.4. The Bertz CT molecular complexity index is 1620. The highest BCUT2D eigenvalue weighted by molar-refractivity contribution is 5.81. The van der Waals surface area contributed by atoms with Crippen LogP contribution in [0, 0.1) is 0 Å². The Morgan fingerprint density at radius 3 is 2.02 bits per heavy atom. The van der Waals surface area contributed by atoms with Crippen LogP contribution >= 0.6 is 0 Å². The zero-order chi connectivity index (χ0) is 32.3. The number of ether oxygens (including phenoxy) is 2. The zero-order valence-electron chi connectivity index (χ0n) is 24.8. The molecule has 0 radical (unpaired) electrons. The quantitative estimate of drug-likeness (QED) is 0.140. The minimum Gasteiger partial charge on any atom is -0.508 e. The van der Waals surface area contributed by atoms with Crippen LogP contribution in [-0.4, -0.2) is 52.0 Å². The number of nitrogens with one attached hydrogen (secondary N) is 1. The molecule has 4 aromatic carbocycles. The van der Waals surface area contributed by atoms with Gasteiger partial charge in [0, 0.05) is 6.42 Å². The van der Waals surface area contributed by atoms with Crippen LogP contribution < -0.4 is 11.1 Å². The lowest BCUT2D eigenvalue weighted by atomic mass is 10.0. The molecule has 10 nitrogen and oxygen atoms in total. The van der Waals surface area contributed by atoms with E-state index in [-0.39, 0.29) is 24.5 Å². The molecule has 2 unspecified atom stereocenters. The SMILES string of the molecule is CCOC(=O)C(N)Cc1ccc(O)cc1.O=C(NC(Cc1ccc(O)cc1)C(=O)O)OCc1cccc2c1Cc1ccccc1-2. The summed E-state index contributed by atoms with van der Waals surface area (Å²) >= 11 is 0. The van der Waals surface area contributed by atoms with E-state index < -0.39 is 30.1 Å². The molecule has 0 saturated carbocycles. The number of benzene rings is 4. The van der Waals surface area contributed by atoms with Crippen LogP contribution in [0.3, 0.4) is 0 Å². The molecule has 6 N–H and O–H groups in total. The second-order valence-corrected chi connectivity index (χ2v) is 10.5. The van der Waals surface area contributed by atoms with Crippen molar-refractivity contribution in [3.05, 3.63) is 119 Å². The third kappa shape index (κ3) is 9.07. The molecule has 5 rings (SSSR count). The molecule has 0 aliphatic heterocycles. The fourth-order valence-electron chi connectivity index (χ4n) is 4.97. The van der Waals surface area contributed by atoms with E-state index in [0.717, 1.165) is 28.7 Å². The summed E-state index contributed by atoms with van der Waals surface area (Å²) in [7, 11) is 0. The summed E-state index contributed by atoms with van der Waals surface area (Å²) in [6.07, 6.45) is 0.500. The molecular formula is C35H36N2O8. The zero-order valence-corrected chi connectivity index (χ0v) is 24.8. The maximum Gasteiger partial charge on any atom is 0.408 e. The van der Waals surface area contributed by atoms with E-state index >= 15 is 0 Å². The van der Waals surface area contributed by atoms with E-state index in [1.165, 1.54) is 23.3 Å². The van der Waals surface area contributed by atoms with Gasteiger partial charge in [0.1, 0.15) is 30.2 Å². The van der Waals surface area contributed by atoms with E-state index in [0.29, 0.717) is 18.6 Å². The van der Waals surface area contributed by atoms with Crippen LogP contribution in [0.5, 0.6) is 11.5 Å². The minimum absolute atomic E-state index is 0.0640. The summed E-state index contributed by atoms with van der Waals surface area (Å²) in [5.41, 5.74) is 12.8. The number of fused-ring (bicyclic) bond motifs is 3. The molecule has 4 aromatic rings. The molecule has 1 aliphatic rings. The number of carboxylic acid groups (broad SMARTS) is 1. The largest absolute Gasteiger partial charge is 0.508 e. The van der Waals surface area contributed by atoms with E-state index in [4.69, 9.17) is 20.3 Å². The van der Waals surface area contributed by atoms with Crippen LogP contribution in [0.2, 0.25) is 0 Å². The van der Waals surface area contributed by atoms with Gasteiger partial charge in [-0.05, 0) is 83.0 Å². The van der Waals surface area contributed by atoms with Gasteiger partial charge in [0.05, 0.1) is 6.61 Å². The number of amides is 1. The Hall–Kier alpha value is -5.35. The van der Waals surface area contributed by atoms with E-state index in [1.54, 1.807) is 43.3 Å². The van der Waals surface area contributed by atoms with Gasteiger partial charge in [-0.15, -0.1) is 0 Å². The number of carbonyl (C=O) groups excluding carboxylic acids is 2. The highest BCUT2D eigenvalue weighted by Crippen LogP contribution is 2.38. The first-order chi connectivity index (χ1) is 21.6. The summed E-state index contributed by atoms with van der Waals surface area (Å²) in [5.74, 6) is -1.26. The van der Waals surface area contributed by atoms with Crippen molar-refractivity contribution in [2.24, 2.45) is 5.73 Å². The van der Waals surface area contributed by atoms with Crippen molar-refractivity contribution in [1.29, 1.82) is 0 Å². The van der Waals surface area contributed by atoms with Gasteiger partial charge < -0.3 is 35.8 Å². The number of nitrogens with two attached hydrogens (primary N) is 1. The molecule has 10 heteroatoms. The van der Waals surface area contributed by atoms with Gasteiger partial charge in [-0.3, -0.25) is 4.79 Å². The number of esters is 1. The van der Waals surface area contributed by atoms with Crippen molar-refractivity contribution in [1.82, 2.24) is 5.32 Å². The summed E-state index contributed by atoms with van der Waals surface area (Å²) in [5, 5.41) is 30.2. The van der Waals surface area contributed by atoms with Gasteiger partial charge in [0.2, 0.25) is 0 Å². The molecule has 1 amide bonds. The number of hydrogen-bond donors (Lipinski definition) is 5. The van der Waals surface area contributed by atoms with Crippen molar-refractivity contribution < 1.29 is 39.2 Å². The van der Waals surface area contributed by atoms with Gasteiger partial charge in [-0.1, -0.05) is 66.7 Å². The number of aromatic hydroxyl groups is 2. The van der Waals surface area contributed by atoms with Gasteiger partial charge in [0.25, 0.3) is 0 Å². The first kappa shape index (κ1) is 32.6. The number of hydrogen-bond acceptors (Lipinski definition) is 8. The van der Waals surface area contributed by atoms with Crippen LogP contribution in [0.4, 0.5) is 4.79 Å². The van der Waals surface area contributed by atoms with Crippen molar-refractivity contribution in [3.8, 4) is 22.6 Å². The van der Waals surface area contributed by atoms with E-state index in [2.05, 4.69) is 23.5 Å². The number of alkyl carbamates (subject to hydrolysis) is 1. The summed E-state index contributed by atoms with van der Waals surface area (Å²) in [6, 6.07) is 25.1. The molecule has 0 bridgehead atoms. The fourth-order valence-corrected chi connectivity index (χ4v) is 4.97. The smallest absolute Gasteiger partial charge is 0.408 e. The van der Waals surface area contributed by atoms with Crippen LogP contribution in [0.25, 0.3) is 11.1 Å². The average molecular weight is 613 g/mol. The summed E-state index contributed by atoms with van der Waals surface area (Å²) < 4.78 is 10.1. The Balaban J connectivity index is 0.000000259. The number of aliphatic carboxylic acids is 1. The monoisotopic (exact) mass is 612 g/mol. The van der Waals surface area contributed by atoms with Crippen molar-refractivity contribution in [2.75, 3.05) is 6.61 Å². The third-order valence-corrected chi connectivity index (χ3v) is 7.25. The Morgan fingerprint density at radius 2 is 1.40 bits per heavy atom. The van der Waals surface area contributed by atoms with Gasteiger partial charge in [-0.2, -0.15) is 0 Å². The molecule has 0 fully saturated rings. The minimum atomic E-state index is -1.16. The fraction of sp³-hybridized carbons (Fsp3) is 0.229. The summed E-state index contributed by atoms with van der Waals surface area (Å²) in [6.45, 7) is 2.14. The van der Waals surface area contributed by atoms with E-state index in [9.17, 15) is 24.6 Å². The molecule has 1 aliphatic carbocycles. The summed E-state index contributed by atoms with van der Waals surface area (Å²) in [4.78, 5) is 35.0. The number of carboxylic acids is 1. The molecular weight excluding hydrogens is 576 g/mol. The first-order valence-corrected chi connectivity index (χ1v) is 14.5. The number of phenolic OH excluding ortho intramolecular Hbond substituents is 2. The average Bonchev–Trinajstić information content (AvgIpc) is 3.41. The van der Waals surface area contributed by atoms with Gasteiger partial charge in [0.15, 0.2) is 0 Å². The van der Waals surface area contributed by atoms with Crippen LogP contribution in [-0.2, 0) is 44.9 Å². The molecule has 0 spiro atoms. The Labute approximate surface area is 261 Å². The van der Waals surface area contributed by atoms with Crippen molar-refractivity contribution >= 4 is 18.0 Å². The highest BCUT2D eigenvalue weighted by atomic mass is 16.5. The maximum absolute atomic E-state index is 12.3. The van der Waals surface area contributed by atoms with Gasteiger partial charge >= 0.3 is 18.0 Å². The van der Waals surface area contributed by atoms with Crippen molar-refractivity contribution in [3.63, 3.8) is 0 Å². The predicted molar refractivity (Wildman–Crippen MR) is 168 cm³/mol. The molecule has 234 valence electrons. The second-order valence-electron chi connectivity index (χ2n) is 10.5.